The summed E-state index contributed by atoms with van der Waals surface area (Å²) in [6.45, 7) is 4.42. The number of aliphatic hydroxyl groups is 1. The Balaban J connectivity index is 1.38. The Labute approximate surface area is 143 Å². The molecule has 2 unspecified atom stereocenters. The van der Waals surface area contributed by atoms with Gasteiger partial charge in [0.05, 0.1) is 6.10 Å². The van der Waals surface area contributed by atoms with Crippen molar-refractivity contribution in [2.24, 2.45) is 5.92 Å². The quantitative estimate of drug-likeness (QED) is 0.786. The number of aliphatic hydroxyl groups excluding tert-OH is 1. The highest BCUT2D eigenvalue weighted by atomic mass is 16.3. The topological polar surface area (TPSA) is 77.5 Å². The summed E-state index contributed by atoms with van der Waals surface area (Å²) in [5.74, 6) is 1.23. The SMILES string of the molecule is Cc1ccc(N2CCC(NC(=O)NCC3CCCC3O)CC2)nc1. The number of anilines is 1. The summed E-state index contributed by atoms with van der Waals surface area (Å²) in [6.07, 6.45) is 6.41. The minimum absolute atomic E-state index is 0.110. The average Bonchev–Trinajstić information content (AvgIpc) is 3.00. The van der Waals surface area contributed by atoms with Crippen molar-refractivity contribution in [2.75, 3.05) is 24.5 Å². The van der Waals surface area contributed by atoms with Gasteiger partial charge in [-0.05, 0) is 44.2 Å². The van der Waals surface area contributed by atoms with Crippen LogP contribution in [0, 0.1) is 12.8 Å². The Hall–Kier alpha value is -1.82. The summed E-state index contributed by atoms with van der Waals surface area (Å²) in [7, 11) is 0. The standard InChI is InChI=1S/C18H28N4O2/c1-13-5-6-17(19-11-13)22-9-7-15(8-10-22)21-18(24)20-12-14-3-2-4-16(14)23/h5-6,11,14-16,23H,2-4,7-10,12H2,1H3,(H2,20,21,24). The Morgan fingerprint density at radius 2 is 2.08 bits per heavy atom. The van der Waals surface area contributed by atoms with E-state index in [4.69, 9.17) is 0 Å². The van der Waals surface area contributed by atoms with Crippen LogP contribution in [0.15, 0.2) is 18.3 Å². The van der Waals surface area contributed by atoms with Gasteiger partial charge in [0.25, 0.3) is 0 Å². The Kier molecular flexibility index (Phi) is 5.56. The monoisotopic (exact) mass is 332 g/mol. The van der Waals surface area contributed by atoms with Crippen molar-refractivity contribution in [3.63, 3.8) is 0 Å². The Morgan fingerprint density at radius 3 is 2.71 bits per heavy atom. The lowest BCUT2D eigenvalue weighted by Crippen LogP contribution is -2.49. The van der Waals surface area contributed by atoms with E-state index in [1.54, 1.807) is 0 Å². The van der Waals surface area contributed by atoms with Gasteiger partial charge < -0.3 is 20.6 Å². The predicted molar refractivity (Wildman–Crippen MR) is 94.1 cm³/mol. The van der Waals surface area contributed by atoms with Gasteiger partial charge in [0.2, 0.25) is 0 Å². The average molecular weight is 332 g/mol. The number of urea groups is 1. The number of hydrogen-bond acceptors (Lipinski definition) is 4. The second-order valence-corrected chi connectivity index (χ2v) is 7.07. The fourth-order valence-corrected chi connectivity index (χ4v) is 3.62. The zero-order chi connectivity index (χ0) is 16.9. The zero-order valence-electron chi connectivity index (χ0n) is 14.4. The van der Waals surface area contributed by atoms with Crippen molar-refractivity contribution >= 4 is 11.8 Å². The molecule has 0 spiro atoms. The largest absolute Gasteiger partial charge is 0.393 e. The van der Waals surface area contributed by atoms with E-state index < -0.39 is 0 Å². The maximum Gasteiger partial charge on any atom is 0.315 e. The number of rotatable bonds is 4. The first-order chi connectivity index (χ1) is 11.6. The highest BCUT2D eigenvalue weighted by molar-refractivity contribution is 5.74. The lowest BCUT2D eigenvalue weighted by atomic mass is 10.0. The molecule has 1 aliphatic heterocycles. The van der Waals surface area contributed by atoms with Crippen LogP contribution in [0.2, 0.25) is 0 Å². The van der Waals surface area contributed by atoms with E-state index in [1.165, 1.54) is 5.56 Å². The van der Waals surface area contributed by atoms with E-state index >= 15 is 0 Å². The fourth-order valence-electron chi connectivity index (χ4n) is 3.62. The lowest BCUT2D eigenvalue weighted by Gasteiger charge is -2.33. The van der Waals surface area contributed by atoms with Gasteiger partial charge in [-0.3, -0.25) is 0 Å². The molecule has 6 nitrogen and oxygen atoms in total. The van der Waals surface area contributed by atoms with E-state index in [0.717, 1.165) is 51.0 Å². The summed E-state index contributed by atoms with van der Waals surface area (Å²) in [5.41, 5.74) is 1.17. The molecule has 2 heterocycles. The minimum atomic E-state index is -0.254. The molecule has 0 aromatic carbocycles. The van der Waals surface area contributed by atoms with Crippen LogP contribution in [0.5, 0.6) is 0 Å². The molecule has 0 bridgehead atoms. The third-order valence-corrected chi connectivity index (χ3v) is 5.19. The second kappa shape index (κ2) is 7.83. The van der Waals surface area contributed by atoms with Crippen LogP contribution in [-0.4, -0.2) is 47.9 Å². The van der Waals surface area contributed by atoms with Crippen LogP contribution in [0.3, 0.4) is 0 Å². The van der Waals surface area contributed by atoms with Crippen molar-refractivity contribution < 1.29 is 9.90 Å². The van der Waals surface area contributed by atoms with Crippen molar-refractivity contribution in [1.82, 2.24) is 15.6 Å². The van der Waals surface area contributed by atoms with Crippen LogP contribution in [-0.2, 0) is 0 Å². The summed E-state index contributed by atoms with van der Waals surface area (Å²) < 4.78 is 0. The molecule has 1 saturated heterocycles. The summed E-state index contributed by atoms with van der Waals surface area (Å²) in [4.78, 5) is 18.8. The number of carbonyl (C=O) groups is 1. The van der Waals surface area contributed by atoms with E-state index in [0.29, 0.717) is 6.54 Å². The minimum Gasteiger partial charge on any atom is -0.393 e. The first kappa shape index (κ1) is 17.0. The zero-order valence-corrected chi connectivity index (χ0v) is 14.4. The number of amides is 2. The highest BCUT2D eigenvalue weighted by Gasteiger charge is 2.26. The van der Waals surface area contributed by atoms with E-state index in [-0.39, 0.29) is 24.1 Å². The molecule has 2 aliphatic rings. The molecule has 132 valence electrons. The number of nitrogens with zero attached hydrogens (tertiary/aromatic N) is 2. The number of carbonyl (C=O) groups excluding carboxylic acids is 1. The van der Waals surface area contributed by atoms with Crippen LogP contribution in [0.4, 0.5) is 10.6 Å². The third kappa shape index (κ3) is 4.38. The molecular formula is C18H28N4O2. The van der Waals surface area contributed by atoms with Gasteiger partial charge in [0.1, 0.15) is 5.82 Å². The predicted octanol–water partition coefficient (Wildman–Crippen LogP) is 1.82. The number of nitrogens with one attached hydrogen (secondary N) is 2. The van der Waals surface area contributed by atoms with Crippen molar-refractivity contribution in [1.29, 1.82) is 0 Å². The van der Waals surface area contributed by atoms with Gasteiger partial charge in [0.15, 0.2) is 0 Å². The lowest BCUT2D eigenvalue weighted by molar-refractivity contribution is 0.132. The second-order valence-electron chi connectivity index (χ2n) is 7.07. The smallest absolute Gasteiger partial charge is 0.315 e. The molecular weight excluding hydrogens is 304 g/mol. The van der Waals surface area contributed by atoms with Crippen molar-refractivity contribution in [3.8, 4) is 0 Å². The first-order valence-corrected chi connectivity index (χ1v) is 9.02. The number of pyridine rings is 1. The molecule has 3 rings (SSSR count). The molecule has 1 aliphatic carbocycles. The molecule has 0 radical (unpaired) electrons. The fraction of sp³-hybridized carbons (Fsp3) is 0.667. The molecule has 1 aromatic rings. The van der Waals surface area contributed by atoms with Gasteiger partial charge in [-0.2, -0.15) is 0 Å². The van der Waals surface area contributed by atoms with Crippen LogP contribution >= 0.6 is 0 Å². The molecule has 24 heavy (non-hydrogen) atoms. The molecule has 1 saturated carbocycles. The van der Waals surface area contributed by atoms with E-state index in [9.17, 15) is 9.90 Å². The third-order valence-electron chi connectivity index (χ3n) is 5.19. The van der Waals surface area contributed by atoms with Crippen LogP contribution in [0.25, 0.3) is 0 Å². The molecule has 3 N–H and O–H groups in total. The highest BCUT2D eigenvalue weighted by Crippen LogP contribution is 2.24. The first-order valence-electron chi connectivity index (χ1n) is 9.02. The molecule has 2 atom stereocenters. The molecule has 2 fully saturated rings. The molecule has 2 amide bonds. The number of aromatic nitrogens is 1. The molecule has 1 aromatic heterocycles. The van der Waals surface area contributed by atoms with Gasteiger partial charge in [-0.1, -0.05) is 12.5 Å². The normalized spacial score (nSPS) is 24.8. The number of hydrogen-bond donors (Lipinski definition) is 3. The summed E-state index contributed by atoms with van der Waals surface area (Å²) in [5, 5.41) is 15.8. The summed E-state index contributed by atoms with van der Waals surface area (Å²) >= 11 is 0. The van der Waals surface area contributed by atoms with Crippen LogP contribution < -0.4 is 15.5 Å². The Bertz CT molecular complexity index is 540. The maximum absolute atomic E-state index is 12.0. The maximum atomic E-state index is 12.0. The van der Waals surface area contributed by atoms with Gasteiger partial charge in [0, 0.05) is 37.8 Å². The number of piperidine rings is 1. The van der Waals surface area contributed by atoms with Crippen LogP contribution in [0.1, 0.15) is 37.7 Å². The van der Waals surface area contributed by atoms with Gasteiger partial charge >= 0.3 is 6.03 Å². The Morgan fingerprint density at radius 1 is 1.29 bits per heavy atom. The van der Waals surface area contributed by atoms with Gasteiger partial charge in [-0.25, -0.2) is 9.78 Å². The summed E-state index contributed by atoms with van der Waals surface area (Å²) in [6, 6.07) is 4.24. The van der Waals surface area contributed by atoms with E-state index in [2.05, 4.69) is 32.7 Å². The van der Waals surface area contributed by atoms with Crippen molar-refractivity contribution in [3.05, 3.63) is 23.9 Å². The van der Waals surface area contributed by atoms with Crippen molar-refractivity contribution in [2.45, 2.75) is 51.2 Å². The van der Waals surface area contributed by atoms with E-state index in [1.807, 2.05) is 13.1 Å². The van der Waals surface area contributed by atoms with Gasteiger partial charge in [-0.15, -0.1) is 0 Å². The molecule has 6 heteroatoms. The number of aryl methyl sites for hydroxylation is 1.